The number of rotatable bonds is 6. The molecule has 0 aliphatic heterocycles. The highest BCUT2D eigenvalue weighted by Crippen LogP contribution is 2.09. The third kappa shape index (κ3) is 3.94. The smallest absolute Gasteiger partial charge is 0.224 e. The van der Waals surface area contributed by atoms with Crippen LogP contribution < -0.4 is 11.1 Å². The molecule has 0 bridgehead atoms. The van der Waals surface area contributed by atoms with Gasteiger partial charge >= 0.3 is 0 Å². The molecule has 90 valence electrons. The zero-order valence-electron chi connectivity index (χ0n) is 9.90. The van der Waals surface area contributed by atoms with E-state index in [4.69, 9.17) is 5.73 Å². The van der Waals surface area contributed by atoms with Gasteiger partial charge in [-0.05, 0) is 34.7 Å². The molecule has 0 aromatic carbocycles. The van der Waals surface area contributed by atoms with Crippen LogP contribution in [0.2, 0.25) is 0 Å². The highest BCUT2D eigenvalue weighted by molar-refractivity contribution is 7.07. The first-order valence-corrected chi connectivity index (χ1v) is 6.58. The van der Waals surface area contributed by atoms with E-state index in [1.807, 2.05) is 19.2 Å². The monoisotopic (exact) mass is 240 g/mol. The molecule has 16 heavy (non-hydrogen) atoms. The second kappa shape index (κ2) is 6.66. The Morgan fingerprint density at radius 2 is 2.31 bits per heavy atom. The molecule has 3 N–H and O–H groups in total. The Bertz CT molecular complexity index is 309. The highest BCUT2D eigenvalue weighted by atomic mass is 32.1. The van der Waals surface area contributed by atoms with Crippen LogP contribution in [0.15, 0.2) is 16.8 Å². The van der Waals surface area contributed by atoms with E-state index in [1.54, 1.807) is 11.3 Å². The van der Waals surface area contributed by atoms with Gasteiger partial charge in [-0.25, -0.2) is 0 Å². The van der Waals surface area contributed by atoms with Crippen molar-refractivity contribution in [3.63, 3.8) is 0 Å². The number of carbonyl (C=O) groups is 1. The van der Waals surface area contributed by atoms with E-state index in [-0.39, 0.29) is 11.8 Å². The molecule has 0 spiro atoms. The van der Waals surface area contributed by atoms with Crippen LogP contribution >= 0.6 is 11.3 Å². The lowest BCUT2D eigenvalue weighted by Gasteiger charge is -2.18. The van der Waals surface area contributed by atoms with Gasteiger partial charge in [0.2, 0.25) is 5.91 Å². The number of nitrogens with two attached hydrogens (primary N) is 1. The van der Waals surface area contributed by atoms with Crippen molar-refractivity contribution in [2.45, 2.75) is 20.3 Å². The minimum Gasteiger partial charge on any atom is -0.355 e. The van der Waals surface area contributed by atoms with E-state index in [0.29, 0.717) is 19.0 Å². The van der Waals surface area contributed by atoms with Crippen LogP contribution in [0.3, 0.4) is 0 Å². The molecule has 0 saturated carbocycles. The van der Waals surface area contributed by atoms with Gasteiger partial charge in [0, 0.05) is 13.1 Å². The minimum atomic E-state index is -0.0672. The Kier molecular flexibility index (Phi) is 5.49. The predicted octanol–water partition coefficient (Wildman–Crippen LogP) is 1.64. The molecule has 0 fully saturated rings. The Labute approximate surface area is 101 Å². The summed E-state index contributed by atoms with van der Waals surface area (Å²) in [6, 6.07) is 2.08. The van der Waals surface area contributed by atoms with Gasteiger partial charge in [-0.15, -0.1) is 0 Å². The van der Waals surface area contributed by atoms with Gasteiger partial charge in [-0.2, -0.15) is 11.3 Å². The molecule has 1 aromatic heterocycles. The lowest BCUT2D eigenvalue weighted by Crippen LogP contribution is -2.38. The molecule has 1 heterocycles. The van der Waals surface area contributed by atoms with Crippen LogP contribution in [0.1, 0.15) is 19.4 Å². The molecule has 0 radical (unpaired) electrons. The summed E-state index contributed by atoms with van der Waals surface area (Å²) in [5, 5.41) is 7.09. The third-order valence-corrected chi connectivity index (χ3v) is 3.42. The van der Waals surface area contributed by atoms with Gasteiger partial charge in [0.15, 0.2) is 0 Å². The van der Waals surface area contributed by atoms with Gasteiger partial charge in [-0.1, -0.05) is 13.8 Å². The van der Waals surface area contributed by atoms with Crippen molar-refractivity contribution in [1.82, 2.24) is 5.32 Å². The van der Waals surface area contributed by atoms with Crippen molar-refractivity contribution in [3.8, 4) is 0 Å². The van der Waals surface area contributed by atoms with Crippen LogP contribution in [0.5, 0.6) is 0 Å². The van der Waals surface area contributed by atoms with E-state index in [2.05, 4.69) is 16.8 Å². The first-order valence-electron chi connectivity index (χ1n) is 5.64. The van der Waals surface area contributed by atoms with E-state index < -0.39 is 0 Å². The van der Waals surface area contributed by atoms with Crippen LogP contribution in [0.25, 0.3) is 0 Å². The van der Waals surface area contributed by atoms with Crippen molar-refractivity contribution < 1.29 is 4.79 Å². The average Bonchev–Trinajstić information content (AvgIpc) is 2.71. The zero-order chi connectivity index (χ0) is 12.0. The van der Waals surface area contributed by atoms with Gasteiger partial charge in [0.1, 0.15) is 0 Å². The van der Waals surface area contributed by atoms with E-state index in [9.17, 15) is 4.79 Å². The molecule has 1 amide bonds. The Hall–Kier alpha value is -0.870. The van der Waals surface area contributed by atoms with E-state index in [0.717, 1.165) is 6.42 Å². The fourth-order valence-corrected chi connectivity index (χ4v) is 2.28. The van der Waals surface area contributed by atoms with Crippen molar-refractivity contribution in [2.24, 2.45) is 17.6 Å². The van der Waals surface area contributed by atoms with Crippen molar-refractivity contribution in [1.29, 1.82) is 0 Å². The second-order valence-electron chi connectivity index (χ2n) is 4.26. The largest absolute Gasteiger partial charge is 0.355 e. The van der Waals surface area contributed by atoms with Gasteiger partial charge in [0.25, 0.3) is 0 Å². The minimum absolute atomic E-state index is 0.0672. The molecule has 0 aliphatic carbocycles. The Balaban J connectivity index is 2.29. The third-order valence-electron chi connectivity index (χ3n) is 2.69. The topological polar surface area (TPSA) is 55.1 Å². The number of hydrogen-bond donors (Lipinski definition) is 2. The van der Waals surface area contributed by atoms with Gasteiger partial charge < -0.3 is 11.1 Å². The number of nitrogens with one attached hydrogen (secondary N) is 1. The Morgan fingerprint density at radius 3 is 2.81 bits per heavy atom. The first-order chi connectivity index (χ1) is 7.65. The zero-order valence-corrected chi connectivity index (χ0v) is 10.7. The fourth-order valence-electron chi connectivity index (χ4n) is 1.58. The normalized spacial score (nSPS) is 12.8. The lowest BCUT2D eigenvalue weighted by molar-refractivity contribution is -0.125. The molecular formula is C12H20N2OS. The summed E-state index contributed by atoms with van der Waals surface area (Å²) in [7, 11) is 0. The number of thiophene rings is 1. The molecule has 1 atom stereocenters. The number of carbonyl (C=O) groups excluding carboxylic acids is 1. The molecule has 1 unspecified atom stereocenters. The van der Waals surface area contributed by atoms with Crippen LogP contribution in [-0.2, 0) is 11.2 Å². The molecular weight excluding hydrogens is 220 g/mol. The van der Waals surface area contributed by atoms with Crippen LogP contribution in [0.4, 0.5) is 0 Å². The summed E-state index contributed by atoms with van der Waals surface area (Å²) in [4.78, 5) is 11.8. The molecule has 4 heteroatoms. The highest BCUT2D eigenvalue weighted by Gasteiger charge is 2.19. The SMILES string of the molecule is CC(C)C(CN)C(=O)NCCc1ccsc1. The summed E-state index contributed by atoms with van der Waals surface area (Å²) < 4.78 is 0. The standard InChI is InChI=1S/C12H20N2OS/c1-9(2)11(7-13)12(15)14-5-3-10-4-6-16-8-10/h4,6,8-9,11H,3,5,7,13H2,1-2H3,(H,14,15). The van der Waals surface area contributed by atoms with Crippen molar-refractivity contribution in [2.75, 3.05) is 13.1 Å². The second-order valence-corrected chi connectivity index (χ2v) is 5.04. The molecule has 1 rings (SSSR count). The maximum absolute atomic E-state index is 11.8. The maximum atomic E-state index is 11.8. The number of amides is 1. The van der Waals surface area contributed by atoms with Crippen LogP contribution in [-0.4, -0.2) is 19.0 Å². The van der Waals surface area contributed by atoms with E-state index >= 15 is 0 Å². The van der Waals surface area contributed by atoms with Gasteiger partial charge in [0.05, 0.1) is 5.92 Å². The Morgan fingerprint density at radius 1 is 1.56 bits per heavy atom. The van der Waals surface area contributed by atoms with Crippen molar-refractivity contribution >= 4 is 17.2 Å². The first kappa shape index (κ1) is 13.2. The predicted molar refractivity (Wildman–Crippen MR) is 68.4 cm³/mol. The summed E-state index contributed by atoms with van der Waals surface area (Å²) in [5.41, 5.74) is 6.86. The van der Waals surface area contributed by atoms with Gasteiger partial charge in [-0.3, -0.25) is 4.79 Å². The summed E-state index contributed by atoms with van der Waals surface area (Å²) in [5.74, 6) is 0.307. The number of hydrogen-bond acceptors (Lipinski definition) is 3. The quantitative estimate of drug-likeness (QED) is 0.794. The van der Waals surface area contributed by atoms with E-state index in [1.165, 1.54) is 5.56 Å². The lowest BCUT2D eigenvalue weighted by atomic mass is 9.95. The fraction of sp³-hybridized carbons (Fsp3) is 0.583. The van der Waals surface area contributed by atoms with Crippen LogP contribution in [0, 0.1) is 11.8 Å². The molecule has 3 nitrogen and oxygen atoms in total. The molecule has 0 saturated heterocycles. The average molecular weight is 240 g/mol. The molecule has 0 aliphatic rings. The summed E-state index contributed by atoms with van der Waals surface area (Å²) >= 11 is 1.68. The maximum Gasteiger partial charge on any atom is 0.224 e. The van der Waals surface area contributed by atoms with Crippen molar-refractivity contribution in [3.05, 3.63) is 22.4 Å². The summed E-state index contributed by atoms with van der Waals surface area (Å²) in [6.45, 7) is 5.16. The summed E-state index contributed by atoms with van der Waals surface area (Å²) in [6.07, 6.45) is 0.893. The molecule has 1 aromatic rings.